The Morgan fingerprint density at radius 3 is 2.66 bits per heavy atom. The van der Waals surface area contributed by atoms with Gasteiger partial charge in [-0.2, -0.15) is 0 Å². The lowest BCUT2D eigenvalue weighted by Crippen LogP contribution is -2.55. The molecule has 1 amide bonds. The first-order valence-corrected chi connectivity index (χ1v) is 11.6. The maximum atomic E-state index is 13.4. The number of rotatable bonds is 4. The minimum Gasteiger partial charge on any atom is -0.352 e. The van der Waals surface area contributed by atoms with Crippen LogP contribution in [0.15, 0.2) is 53.6 Å². The monoisotopic (exact) mass is 391 g/mol. The average molecular weight is 392 g/mol. The van der Waals surface area contributed by atoms with Crippen LogP contribution >= 0.6 is 0 Å². The second kappa shape index (κ2) is 7.78. The second-order valence-corrected chi connectivity index (χ2v) is 10.4. The van der Waals surface area contributed by atoms with Crippen LogP contribution in [0.2, 0.25) is 0 Å². The van der Waals surface area contributed by atoms with E-state index in [1.54, 1.807) is 11.1 Å². The Kier molecular flexibility index (Phi) is 5.48. The molecule has 0 unspecified atom stereocenters. The molecule has 1 aromatic rings. The van der Waals surface area contributed by atoms with Crippen molar-refractivity contribution in [2.45, 2.75) is 72.8 Å². The lowest BCUT2D eigenvalue weighted by Gasteiger charge is -2.57. The van der Waals surface area contributed by atoms with Gasteiger partial charge >= 0.3 is 0 Å². The Balaban J connectivity index is 1.57. The third-order valence-electron chi connectivity index (χ3n) is 8.39. The number of carbonyl (C=O) groups excluding carboxylic acids is 1. The molecule has 0 heterocycles. The quantitative estimate of drug-likeness (QED) is 0.629. The lowest BCUT2D eigenvalue weighted by atomic mass is 9.46. The summed E-state index contributed by atoms with van der Waals surface area (Å²) in [4.78, 5) is 13.4. The molecule has 4 rings (SSSR count). The van der Waals surface area contributed by atoms with Crippen LogP contribution in [0.3, 0.4) is 0 Å². The predicted molar refractivity (Wildman–Crippen MR) is 120 cm³/mol. The highest BCUT2D eigenvalue weighted by Gasteiger charge is 2.56. The number of hydrogen-bond acceptors (Lipinski definition) is 1. The van der Waals surface area contributed by atoms with Crippen molar-refractivity contribution in [1.29, 1.82) is 0 Å². The number of allylic oxidation sites excluding steroid dienone is 4. The number of hydrogen-bond donors (Lipinski definition) is 1. The van der Waals surface area contributed by atoms with Crippen molar-refractivity contribution in [3.05, 3.63) is 59.2 Å². The Bertz CT molecular complexity index is 820. The van der Waals surface area contributed by atoms with Gasteiger partial charge in [0, 0.05) is 6.54 Å². The molecular formula is C27H37NO. The highest BCUT2D eigenvalue weighted by atomic mass is 16.2. The number of benzene rings is 1. The van der Waals surface area contributed by atoms with Gasteiger partial charge in [0.25, 0.3) is 0 Å². The molecular weight excluding hydrogens is 354 g/mol. The molecule has 2 heteroatoms. The van der Waals surface area contributed by atoms with Crippen LogP contribution in [-0.4, -0.2) is 5.91 Å². The van der Waals surface area contributed by atoms with Crippen LogP contribution in [0.1, 0.15) is 71.8 Å². The van der Waals surface area contributed by atoms with E-state index in [4.69, 9.17) is 0 Å². The van der Waals surface area contributed by atoms with E-state index in [1.807, 2.05) is 18.2 Å². The minimum absolute atomic E-state index is 0.236. The summed E-state index contributed by atoms with van der Waals surface area (Å²) < 4.78 is 0. The number of amides is 1. The highest BCUT2D eigenvalue weighted by molar-refractivity contribution is 5.83. The van der Waals surface area contributed by atoms with Crippen LogP contribution in [0.5, 0.6) is 0 Å². The molecule has 0 aromatic heterocycles. The van der Waals surface area contributed by atoms with Crippen molar-refractivity contribution in [2.75, 3.05) is 0 Å². The first-order valence-electron chi connectivity index (χ1n) is 11.6. The highest BCUT2D eigenvalue weighted by Crippen LogP contribution is 2.62. The van der Waals surface area contributed by atoms with Crippen LogP contribution in [0.25, 0.3) is 0 Å². The molecule has 0 bridgehead atoms. The van der Waals surface area contributed by atoms with Gasteiger partial charge in [-0.1, -0.05) is 82.2 Å². The van der Waals surface area contributed by atoms with Gasteiger partial charge in [-0.15, -0.1) is 0 Å². The van der Waals surface area contributed by atoms with Gasteiger partial charge in [0.1, 0.15) is 0 Å². The topological polar surface area (TPSA) is 29.1 Å². The molecule has 1 saturated carbocycles. The maximum absolute atomic E-state index is 13.4. The van der Waals surface area contributed by atoms with E-state index in [2.05, 4.69) is 57.3 Å². The fraction of sp³-hybridized carbons (Fsp3) is 0.593. The maximum Gasteiger partial charge on any atom is 0.226 e. The van der Waals surface area contributed by atoms with Gasteiger partial charge in [-0.05, 0) is 66.4 Å². The molecule has 1 aromatic carbocycles. The normalized spacial score (nSPS) is 34.0. The van der Waals surface area contributed by atoms with Crippen molar-refractivity contribution in [2.24, 2.45) is 28.6 Å². The molecule has 3 aliphatic carbocycles. The molecule has 0 radical (unpaired) electrons. The van der Waals surface area contributed by atoms with Gasteiger partial charge in [0.05, 0.1) is 5.41 Å². The average Bonchev–Trinajstić information content (AvgIpc) is 2.72. The number of carbonyl (C=O) groups is 1. The van der Waals surface area contributed by atoms with Crippen LogP contribution in [0, 0.1) is 28.6 Å². The van der Waals surface area contributed by atoms with E-state index in [0.717, 1.165) is 19.3 Å². The summed E-state index contributed by atoms with van der Waals surface area (Å²) in [6, 6.07) is 10.3. The second-order valence-electron chi connectivity index (χ2n) is 10.4. The molecule has 0 saturated heterocycles. The summed E-state index contributed by atoms with van der Waals surface area (Å²) in [6.07, 6.45) is 11.9. The zero-order valence-corrected chi connectivity index (χ0v) is 18.6. The fourth-order valence-corrected chi connectivity index (χ4v) is 6.60. The first-order chi connectivity index (χ1) is 13.8. The lowest BCUT2D eigenvalue weighted by molar-refractivity contribution is -0.144. The first kappa shape index (κ1) is 20.4. The molecule has 1 N–H and O–H groups in total. The van der Waals surface area contributed by atoms with Gasteiger partial charge in [0.2, 0.25) is 5.91 Å². The number of nitrogens with one attached hydrogen (secondary N) is 1. The molecule has 2 nitrogen and oxygen atoms in total. The van der Waals surface area contributed by atoms with E-state index >= 15 is 0 Å². The van der Waals surface area contributed by atoms with Crippen molar-refractivity contribution >= 4 is 5.91 Å². The fourth-order valence-electron chi connectivity index (χ4n) is 6.60. The number of fused-ring (bicyclic) bond motifs is 3. The van der Waals surface area contributed by atoms with Crippen LogP contribution in [0.4, 0.5) is 0 Å². The SMILES string of the molecule is CC(C)C1=CC2=CC[C@@H]3[C@](C)(CCC[C@@]3(C)C(=O)NCc3ccccc3)[C@H]2CC1. The molecule has 0 spiro atoms. The predicted octanol–water partition coefficient (Wildman–Crippen LogP) is 6.44. The Hall–Kier alpha value is -1.83. The van der Waals surface area contributed by atoms with Crippen molar-refractivity contribution < 1.29 is 4.79 Å². The zero-order valence-electron chi connectivity index (χ0n) is 18.6. The summed E-state index contributed by atoms with van der Waals surface area (Å²) >= 11 is 0. The van der Waals surface area contributed by atoms with Crippen LogP contribution < -0.4 is 5.32 Å². The van der Waals surface area contributed by atoms with Gasteiger partial charge < -0.3 is 5.32 Å². The van der Waals surface area contributed by atoms with E-state index in [1.165, 1.54) is 24.8 Å². The third kappa shape index (κ3) is 3.60. The summed E-state index contributed by atoms with van der Waals surface area (Å²) in [7, 11) is 0. The summed E-state index contributed by atoms with van der Waals surface area (Å²) in [5.41, 5.74) is 4.31. The summed E-state index contributed by atoms with van der Waals surface area (Å²) in [5, 5.41) is 3.28. The Morgan fingerprint density at radius 1 is 1.17 bits per heavy atom. The van der Waals surface area contributed by atoms with E-state index in [9.17, 15) is 4.79 Å². The van der Waals surface area contributed by atoms with E-state index < -0.39 is 0 Å². The van der Waals surface area contributed by atoms with Gasteiger partial charge in [-0.25, -0.2) is 0 Å². The Morgan fingerprint density at radius 2 is 1.93 bits per heavy atom. The molecule has 156 valence electrons. The standard InChI is InChI=1S/C27H37NO/c1-19(2)21-11-13-23-22(17-21)12-14-24-26(23,3)15-8-16-27(24,4)25(29)28-18-20-9-6-5-7-10-20/h5-7,9-10,12,17,19,23-24H,8,11,13-16,18H2,1-4H3,(H,28,29)/t23-,24+,26+,27+/m0/s1. The molecule has 0 aliphatic heterocycles. The zero-order chi connectivity index (χ0) is 20.6. The van der Waals surface area contributed by atoms with Crippen molar-refractivity contribution in [1.82, 2.24) is 5.32 Å². The van der Waals surface area contributed by atoms with E-state index in [0.29, 0.717) is 24.3 Å². The minimum atomic E-state index is -0.272. The molecule has 4 atom stereocenters. The van der Waals surface area contributed by atoms with Crippen LogP contribution in [-0.2, 0) is 11.3 Å². The summed E-state index contributed by atoms with van der Waals surface area (Å²) in [6.45, 7) is 9.99. The smallest absolute Gasteiger partial charge is 0.226 e. The summed E-state index contributed by atoms with van der Waals surface area (Å²) in [5.74, 6) is 1.94. The van der Waals surface area contributed by atoms with Crippen molar-refractivity contribution in [3.63, 3.8) is 0 Å². The van der Waals surface area contributed by atoms with E-state index in [-0.39, 0.29) is 16.7 Å². The Labute approximate surface area is 176 Å². The molecule has 3 aliphatic rings. The van der Waals surface area contributed by atoms with Gasteiger partial charge in [0.15, 0.2) is 0 Å². The largest absolute Gasteiger partial charge is 0.352 e. The molecule has 1 fully saturated rings. The van der Waals surface area contributed by atoms with Crippen molar-refractivity contribution in [3.8, 4) is 0 Å². The molecule has 29 heavy (non-hydrogen) atoms. The van der Waals surface area contributed by atoms with Gasteiger partial charge in [-0.3, -0.25) is 4.79 Å². The third-order valence-corrected chi connectivity index (χ3v) is 8.39.